The van der Waals surface area contributed by atoms with E-state index in [0.717, 1.165) is 13.0 Å². The van der Waals surface area contributed by atoms with E-state index in [1.165, 1.54) is 18.2 Å². The van der Waals surface area contributed by atoms with E-state index in [4.69, 9.17) is 0 Å². The molecule has 0 bridgehead atoms. The second-order valence-corrected chi connectivity index (χ2v) is 14.8. The summed E-state index contributed by atoms with van der Waals surface area (Å²) in [5, 5.41) is 11.6. The first-order valence-corrected chi connectivity index (χ1v) is 14.2. The molecule has 4 aliphatic rings. The van der Waals surface area contributed by atoms with E-state index >= 15 is 8.78 Å². The zero-order chi connectivity index (χ0) is 28.6. The number of amides is 1. The van der Waals surface area contributed by atoms with Crippen molar-refractivity contribution in [3.8, 4) is 0 Å². The van der Waals surface area contributed by atoms with Gasteiger partial charge in [-0.05, 0) is 93.5 Å². The summed E-state index contributed by atoms with van der Waals surface area (Å²) in [7, 11) is 5.58. The number of allylic oxidation sites excluding steroid dienone is 4. The first-order chi connectivity index (χ1) is 17.3. The Hall–Kier alpha value is -1.60. The topological polar surface area (TPSA) is 60.9 Å². The molecule has 4 rings (SSSR count). The molecule has 0 aromatic rings. The van der Waals surface area contributed by atoms with Crippen LogP contribution >= 0.6 is 0 Å². The van der Waals surface area contributed by atoms with Crippen LogP contribution in [-0.2, 0) is 9.59 Å². The Labute approximate surface area is 227 Å². The SMILES string of the molecule is CN(CCC(C)(C)C)CC1CC2C3CC(F)C4=CC(=O)C=CC4(C)C3(F)C(O)CC2(C)C1(C)C(=O)N(C)C. The molecule has 214 valence electrons. The van der Waals surface area contributed by atoms with Crippen LogP contribution in [0.25, 0.3) is 0 Å². The number of aliphatic hydroxyl groups excluding tert-OH is 1. The van der Waals surface area contributed by atoms with Crippen molar-refractivity contribution < 1.29 is 23.5 Å². The van der Waals surface area contributed by atoms with Crippen LogP contribution in [0.3, 0.4) is 0 Å². The standard InChI is InChI=1S/C31H48F2N2O3/c1-27(2,3)12-13-35(9)18-19-14-21-22-16-24(32)23-15-20(36)10-11-28(23,4)31(22,33)25(37)17-29(21,5)30(19,6)26(38)34(7)8/h10-11,15,19,21-22,24-25,37H,12-14,16-18H2,1-9H3. The molecule has 3 fully saturated rings. The number of fused-ring (bicyclic) bond motifs is 5. The summed E-state index contributed by atoms with van der Waals surface area (Å²) >= 11 is 0. The fourth-order valence-electron chi connectivity index (χ4n) is 8.73. The van der Waals surface area contributed by atoms with Gasteiger partial charge in [0, 0.05) is 32.0 Å². The van der Waals surface area contributed by atoms with Crippen LogP contribution in [0.2, 0.25) is 0 Å². The van der Waals surface area contributed by atoms with Crippen LogP contribution < -0.4 is 0 Å². The molecule has 9 unspecified atom stereocenters. The molecule has 0 aromatic heterocycles. The van der Waals surface area contributed by atoms with Crippen LogP contribution in [0, 0.1) is 39.4 Å². The van der Waals surface area contributed by atoms with E-state index in [9.17, 15) is 14.7 Å². The third-order valence-corrected chi connectivity index (χ3v) is 11.2. The van der Waals surface area contributed by atoms with Crippen molar-refractivity contribution in [3.05, 3.63) is 23.8 Å². The van der Waals surface area contributed by atoms with Crippen molar-refractivity contribution in [3.63, 3.8) is 0 Å². The van der Waals surface area contributed by atoms with Gasteiger partial charge in [-0.2, -0.15) is 0 Å². The fourth-order valence-corrected chi connectivity index (χ4v) is 8.73. The fraction of sp³-hybridized carbons (Fsp3) is 0.806. The Balaban J connectivity index is 1.78. The minimum Gasteiger partial charge on any atom is -0.390 e. The first kappa shape index (κ1) is 29.4. The van der Waals surface area contributed by atoms with Gasteiger partial charge in [0.05, 0.1) is 11.5 Å². The van der Waals surface area contributed by atoms with Crippen LogP contribution in [0.4, 0.5) is 8.78 Å². The maximum absolute atomic E-state index is 17.6. The molecule has 9 atom stereocenters. The lowest BCUT2D eigenvalue weighted by atomic mass is 9.43. The maximum atomic E-state index is 17.6. The van der Waals surface area contributed by atoms with Crippen molar-refractivity contribution in [1.82, 2.24) is 9.80 Å². The lowest BCUT2D eigenvalue weighted by molar-refractivity contribution is -0.212. The van der Waals surface area contributed by atoms with E-state index in [2.05, 4.69) is 32.7 Å². The zero-order valence-electron chi connectivity index (χ0n) is 24.8. The number of aliphatic hydroxyl groups is 1. The first-order valence-electron chi connectivity index (χ1n) is 14.2. The molecular weight excluding hydrogens is 486 g/mol. The summed E-state index contributed by atoms with van der Waals surface area (Å²) in [6.45, 7) is 13.8. The number of ketones is 1. The summed E-state index contributed by atoms with van der Waals surface area (Å²) in [6, 6.07) is 0. The summed E-state index contributed by atoms with van der Waals surface area (Å²) in [4.78, 5) is 30.0. The Morgan fingerprint density at radius 3 is 2.34 bits per heavy atom. The summed E-state index contributed by atoms with van der Waals surface area (Å²) in [5.41, 5.74) is -4.78. The number of halogens is 2. The molecule has 0 spiro atoms. The number of hydrogen-bond acceptors (Lipinski definition) is 4. The third kappa shape index (κ3) is 4.05. The minimum atomic E-state index is -2.13. The Morgan fingerprint density at radius 1 is 1.13 bits per heavy atom. The molecule has 0 radical (unpaired) electrons. The number of hydrogen-bond donors (Lipinski definition) is 1. The van der Waals surface area contributed by atoms with Crippen molar-refractivity contribution in [1.29, 1.82) is 0 Å². The van der Waals surface area contributed by atoms with Gasteiger partial charge in [0.2, 0.25) is 5.91 Å². The van der Waals surface area contributed by atoms with Crippen molar-refractivity contribution in [2.45, 2.75) is 85.2 Å². The Bertz CT molecular complexity index is 1050. The predicted molar refractivity (Wildman–Crippen MR) is 146 cm³/mol. The second kappa shape index (κ2) is 9.22. The number of carbonyl (C=O) groups is 2. The highest BCUT2D eigenvalue weighted by molar-refractivity contribution is 6.01. The molecule has 5 nitrogen and oxygen atoms in total. The van der Waals surface area contributed by atoms with Gasteiger partial charge in [-0.3, -0.25) is 9.59 Å². The molecule has 0 aliphatic heterocycles. The average molecular weight is 535 g/mol. The average Bonchev–Trinajstić information content (AvgIpc) is 3.02. The van der Waals surface area contributed by atoms with Crippen LogP contribution in [0.15, 0.2) is 23.8 Å². The molecule has 0 aromatic carbocycles. The minimum absolute atomic E-state index is 0.0159. The van der Waals surface area contributed by atoms with Crippen molar-refractivity contribution in [2.75, 3.05) is 34.2 Å². The normalized spacial score (nSPS) is 44.4. The number of carbonyl (C=O) groups excluding carboxylic acids is 2. The van der Waals surface area contributed by atoms with Gasteiger partial charge in [0.1, 0.15) is 6.17 Å². The Morgan fingerprint density at radius 2 is 1.76 bits per heavy atom. The highest BCUT2D eigenvalue weighted by Crippen LogP contribution is 2.73. The summed E-state index contributed by atoms with van der Waals surface area (Å²) in [5.74, 6) is -1.49. The highest BCUT2D eigenvalue weighted by Gasteiger charge is 2.76. The van der Waals surface area contributed by atoms with Crippen LogP contribution in [0.5, 0.6) is 0 Å². The van der Waals surface area contributed by atoms with Crippen LogP contribution in [0.1, 0.15) is 67.2 Å². The predicted octanol–water partition coefficient (Wildman–Crippen LogP) is 4.99. The second-order valence-electron chi connectivity index (χ2n) is 14.8. The summed E-state index contributed by atoms with van der Waals surface area (Å²) in [6.07, 6.45) is 2.78. The van der Waals surface area contributed by atoms with Gasteiger partial charge in [0.25, 0.3) is 0 Å². The van der Waals surface area contributed by atoms with E-state index in [-0.39, 0.29) is 47.4 Å². The quantitative estimate of drug-likeness (QED) is 0.540. The van der Waals surface area contributed by atoms with E-state index in [1.54, 1.807) is 25.9 Å². The monoisotopic (exact) mass is 534 g/mol. The van der Waals surface area contributed by atoms with Gasteiger partial charge in [0.15, 0.2) is 11.5 Å². The number of rotatable bonds is 5. The smallest absolute Gasteiger partial charge is 0.228 e. The molecule has 38 heavy (non-hydrogen) atoms. The Kier molecular flexibility index (Phi) is 7.13. The molecule has 1 amide bonds. The van der Waals surface area contributed by atoms with Crippen LogP contribution in [-0.4, -0.2) is 78.8 Å². The third-order valence-electron chi connectivity index (χ3n) is 11.2. The number of nitrogens with zero attached hydrogens (tertiary/aromatic N) is 2. The lowest BCUT2D eigenvalue weighted by Gasteiger charge is -2.63. The lowest BCUT2D eigenvalue weighted by Crippen LogP contribution is -2.69. The van der Waals surface area contributed by atoms with Gasteiger partial charge in [-0.1, -0.05) is 33.8 Å². The molecular formula is C31H48F2N2O3. The van der Waals surface area contributed by atoms with Gasteiger partial charge < -0.3 is 14.9 Å². The van der Waals surface area contributed by atoms with Gasteiger partial charge >= 0.3 is 0 Å². The highest BCUT2D eigenvalue weighted by atomic mass is 19.1. The molecule has 7 heteroatoms. The molecule has 3 saturated carbocycles. The number of alkyl halides is 2. The van der Waals surface area contributed by atoms with Gasteiger partial charge in [-0.15, -0.1) is 0 Å². The van der Waals surface area contributed by atoms with Crippen molar-refractivity contribution >= 4 is 11.7 Å². The van der Waals surface area contributed by atoms with Crippen molar-refractivity contribution in [2.24, 2.45) is 39.4 Å². The maximum Gasteiger partial charge on any atom is 0.228 e. The molecule has 4 aliphatic carbocycles. The molecule has 1 N–H and O–H groups in total. The summed E-state index contributed by atoms with van der Waals surface area (Å²) < 4.78 is 33.4. The van der Waals surface area contributed by atoms with E-state index < -0.39 is 40.1 Å². The largest absolute Gasteiger partial charge is 0.390 e. The molecule has 0 heterocycles. The molecule has 0 saturated heterocycles. The zero-order valence-corrected chi connectivity index (χ0v) is 24.8. The van der Waals surface area contributed by atoms with Gasteiger partial charge in [-0.25, -0.2) is 8.78 Å². The van der Waals surface area contributed by atoms with E-state index in [0.29, 0.717) is 13.0 Å². The van der Waals surface area contributed by atoms with E-state index in [1.807, 2.05) is 13.8 Å².